The number of cyclic esters (lactones) is 1. The largest absolute Gasteiger partial charge is 0.451 e. The van der Waals surface area contributed by atoms with Crippen LogP contribution in [0.25, 0.3) is 0 Å². The average Bonchev–Trinajstić information content (AvgIpc) is 2.54. The van der Waals surface area contributed by atoms with Crippen LogP contribution >= 0.6 is 15.9 Å². The molecule has 0 bridgehead atoms. The van der Waals surface area contributed by atoms with Gasteiger partial charge in [-0.05, 0) is 19.8 Å². The first-order chi connectivity index (χ1) is 7.52. The van der Waals surface area contributed by atoms with E-state index in [-0.39, 0.29) is 5.97 Å². The summed E-state index contributed by atoms with van der Waals surface area (Å²) in [4.78, 5) is 22.6. The standard InChI is InChI=1S/C11H15BrO4/c1-3-8(12)4-5-10(13)16-9-6-11(14)15-7(9)2/h6-8H,3-5H2,1-2H3. The van der Waals surface area contributed by atoms with Crippen molar-refractivity contribution < 1.29 is 19.1 Å². The topological polar surface area (TPSA) is 52.6 Å². The van der Waals surface area contributed by atoms with E-state index >= 15 is 0 Å². The van der Waals surface area contributed by atoms with E-state index in [1.54, 1.807) is 6.92 Å². The SMILES string of the molecule is CCC(Br)CCC(=O)OC1=CC(=O)OC1C. The molecule has 4 nitrogen and oxygen atoms in total. The number of esters is 2. The van der Waals surface area contributed by atoms with Crippen LogP contribution in [0.3, 0.4) is 0 Å². The average molecular weight is 291 g/mol. The molecule has 1 heterocycles. The second-order valence-corrected chi connectivity index (χ2v) is 4.94. The molecule has 90 valence electrons. The van der Waals surface area contributed by atoms with Crippen molar-refractivity contribution in [1.29, 1.82) is 0 Å². The molecule has 1 aliphatic rings. The molecular weight excluding hydrogens is 276 g/mol. The third-order valence-electron chi connectivity index (χ3n) is 2.29. The van der Waals surface area contributed by atoms with Crippen molar-refractivity contribution in [2.45, 2.75) is 44.0 Å². The van der Waals surface area contributed by atoms with Gasteiger partial charge in [-0.2, -0.15) is 0 Å². The lowest BCUT2D eigenvalue weighted by molar-refractivity contribution is -0.144. The van der Waals surface area contributed by atoms with Gasteiger partial charge in [0.1, 0.15) is 0 Å². The van der Waals surface area contributed by atoms with Gasteiger partial charge < -0.3 is 9.47 Å². The van der Waals surface area contributed by atoms with E-state index in [0.29, 0.717) is 17.0 Å². The number of alkyl halides is 1. The number of ether oxygens (including phenoxy) is 2. The van der Waals surface area contributed by atoms with Gasteiger partial charge in [0.2, 0.25) is 0 Å². The Balaban J connectivity index is 2.35. The van der Waals surface area contributed by atoms with Crippen LogP contribution in [-0.4, -0.2) is 22.9 Å². The minimum atomic E-state index is -0.456. The molecule has 5 heteroatoms. The van der Waals surface area contributed by atoms with Crippen molar-refractivity contribution in [1.82, 2.24) is 0 Å². The van der Waals surface area contributed by atoms with Crippen molar-refractivity contribution >= 4 is 27.9 Å². The third-order valence-corrected chi connectivity index (χ3v) is 3.40. The highest BCUT2D eigenvalue weighted by Crippen LogP contribution is 2.18. The molecule has 0 aromatic rings. The molecule has 1 aliphatic heterocycles. The molecule has 1 rings (SSSR count). The molecule has 0 radical (unpaired) electrons. The van der Waals surface area contributed by atoms with Gasteiger partial charge in [-0.25, -0.2) is 4.79 Å². The molecule has 0 saturated carbocycles. The summed E-state index contributed by atoms with van der Waals surface area (Å²) in [6, 6.07) is 0. The summed E-state index contributed by atoms with van der Waals surface area (Å²) >= 11 is 3.44. The first-order valence-electron chi connectivity index (χ1n) is 5.30. The number of hydrogen-bond donors (Lipinski definition) is 0. The third kappa shape index (κ3) is 3.96. The lowest BCUT2D eigenvalue weighted by Gasteiger charge is -2.10. The fourth-order valence-electron chi connectivity index (χ4n) is 1.27. The van der Waals surface area contributed by atoms with Gasteiger partial charge in [0.05, 0.1) is 6.08 Å². The van der Waals surface area contributed by atoms with Gasteiger partial charge in [-0.1, -0.05) is 22.9 Å². The first-order valence-corrected chi connectivity index (χ1v) is 6.21. The first kappa shape index (κ1) is 13.2. The molecule has 0 fully saturated rings. The minimum absolute atomic E-state index is 0.303. The lowest BCUT2D eigenvalue weighted by Crippen LogP contribution is -2.13. The zero-order valence-corrected chi connectivity index (χ0v) is 11.0. The van der Waals surface area contributed by atoms with E-state index in [1.165, 1.54) is 6.08 Å². The summed E-state index contributed by atoms with van der Waals surface area (Å²) in [5.41, 5.74) is 0. The molecule has 2 atom stereocenters. The highest BCUT2D eigenvalue weighted by atomic mass is 79.9. The van der Waals surface area contributed by atoms with E-state index in [0.717, 1.165) is 12.8 Å². The van der Waals surface area contributed by atoms with Crippen LogP contribution < -0.4 is 0 Å². The van der Waals surface area contributed by atoms with Crippen LogP contribution in [0.2, 0.25) is 0 Å². The molecule has 16 heavy (non-hydrogen) atoms. The van der Waals surface area contributed by atoms with Crippen molar-refractivity contribution in [3.05, 3.63) is 11.8 Å². The van der Waals surface area contributed by atoms with Crippen LogP contribution in [0.1, 0.15) is 33.1 Å². The maximum atomic E-state index is 11.4. The molecule has 0 N–H and O–H groups in total. The van der Waals surface area contributed by atoms with Crippen molar-refractivity contribution in [2.24, 2.45) is 0 Å². The van der Waals surface area contributed by atoms with Gasteiger partial charge in [0.25, 0.3) is 0 Å². The Labute approximate surface area is 103 Å². The summed E-state index contributed by atoms with van der Waals surface area (Å²) in [7, 11) is 0. The second-order valence-electron chi connectivity index (χ2n) is 3.64. The maximum absolute atomic E-state index is 11.4. The Kier molecular flexibility index (Phi) is 4.99. The molecule has 0 amide bonds. The number of halogens is 1. The number of carbonyl (C=O) groups excluding carboxylic acids is 2. The van der Waals surface area contributed by atoms with Crippen LogP contribution in [0, 0.1) is 0 Å². The van der Waals surface area contributed by atoms with E-state index in [1.807, 2.05) is 6.92 Å². The Morgan fingerprint density at radius 3 is 2.88 bits per heavy atom. The van der Waals surface area contributed by atoms with E-state index in [4.69, 9.17) is 9.47 Å². The Bertz CT molecular complexity index is 311. The predicted molar refractivity (Wildman–Crippen MR) is 62.0 cm³/mol. The van der Waals surface area contributed by atoms with Gasteiger partial charge >= 0.3 is 11.9 Å². The second kappa shape index (κ2) is 6.03. The van der Waals surface area contributed by atoms with Crippen molar-refractivity contribution in [3.8, 4) is 0 Å². The highest BCUT2D eigenvalue weighted by molar-refractivity contribution is 9.09. The van der Waals surface area contributed by atoms with Crippen molar-refractivity contribution in [2.75, 3.05) is 0 Å². The number of hydrogen-bond acceptors (Lipinski definition) is 4. The quantitative estimate of drug-likeness (QED) is 0.576. The summed E-state index contributed by atoms with van der Waals surface area (Å²) in [5.74, 6) is -0.478. The Morgan fingerprint density at radius 2 is 2.38 bits per heavy atom. The summed E-state index contributed by atoms with van der Waals surface area (Å²) in [5, 5.41) is 0. The molecular formula is C11H15BrO4. The normalized spacial score (nSPS) is 21.3. The van der Waals surface area contributed by atoms with Gasteiger partial charge in [0.15, 0.2) is 11.9 Å². The molecule has 0 aromatic carbocycles. The van der Waals surface area contributed by atoms with Gasteiger partial charge in [0, 0.05) is 11.2 Å². The lowest BCUT2D eigenvalue weighted by atomic mass is 10.2. The zero-order valence-electron chi connectivity index (χ0n) is 9.36. The van der Waals surface area contributed by atoms with Crippen LogP contribution in [0.4, 0.5) is 0 Å². The minimum Gasteiger partial charge on any atom is -0.451 e. The maximum Gasteiger partial charge on any atom is 0.335 e. The predicted octanol–water partition coefficient (Wildman–Crippen LogP) is 2.31. The number of carbonyl (C=O) groups is 2. The molecule has 0 saturated heterocycles. The zero-order chi connectivity index (χ0) is 12.1. The van der Waals surface area contributed by atoms with Crippen LogP contribution in [-0.2, 0) is 19.1 Å². The smallest absolute Gasteiger partial charge is 0.335 e. The fourth-order valence-corrected chi connectivity index (χ4v) is 1.50. The number of rotatable bonds is 5. The molecule has 0 aromatic heterocycles. The van der Waals surface area contributed by atoms with Crippen LogP contribution in [0.15, 0.2) is 11.8 Å². The summed E-state index contributed by atoms with van der Waals surface area (Å²) < 4.78 is 9.85. The van der Waals surface area contributed by atoms with Gasteiger partial charge in [-0.3, -0.25) is 4.79 Å². The fraction of sp³-hybridized carbons (Fsp3) is 0.636. The Hall–Kier alpha value is -0.840. The molecule has 0 aliphatic carbocycles. The Morgan fingerprint density at radius 1 is 1.69 bits per heavy atom. The highest BCUT2D eigenvalue weighted by Gasteiger charge is 2.25. The van der Waals surface area contributed by atoms with Crippen molar-refractivity contribution in [3.63, 3.8) is 0 Å². The van der Waals surface area contributed by atoms with Gasteiger partial charge in [-0.15, -0.1) is 0 Å². The summed E-state index contributed by atoms with van der Waals surface area (Å²) in [6.45, 7) is 3.71. The molecule has 2 unspecified atom stereocenters. The summed E-state index contributed by atoms with van der Waals surface area (Å²) in [6.07, 6.45) is 2.79. The molecule has 0 spiro atoms. The van der Waals surface area contributed by atoms with E-state index < -0.39 is 12.1 Å². The van der Waals surface area contributed by atoms with E-state index in [2.05, 4.69) is 15.9 Å². The monoisotopic (exact) mass is 290 g/mol. The van der Waals surface area contributed by atoms with Crippen LogP contribution in [0.5, 0.6) is 0 Å². The van der Waals surface area contributed by atoms with E-state index in [9.17, 15) is 9.59 Å².